The average Bonchev–Trinajstić information content (AvgIpc) is 2.52. The van der Waals surface area contributed by atoms with Gasteiger partial charge in [0.05, 0.1) is 12.1 Å². The van der Waals surface area contributed by atoms with Crippen LogP contribution in [-0.4, -0.2) is 0 Å². The second kappa shape index (κ2) is 32.0. The van der Waals surface area contributed by atoms with E-state index in [1.165, 1.54) is 85.2 Å². The van der Waals surface area contributed by atoms with Gasteiger partial charge in [-0.05, 0) is 204 Å². The molecular formula is C71H68F10N2. The third kappa shape index (κ3) is 20.0. The molecule has 0 atom stereocenters. The molecule has 0 fully saturated rings. The van der Waals surface area contributed by atoms with E-state index in [-0.39, 0.29) is 58.6 Å². The van der Waals surface area contributed by atoms with Gasteiger partial charge in [-0.25, -0.2) is 35.6 Å². The zero-order valence-electron chi connectivity index (χ0n) is 54.7. The van der Waals surface area contributed by atoms with Crippen LogP contribution in [-0.2, 0) is 6.18 Å². The Hall–Kier alpha value is -8.74. The summed E-state index contributed by atoms with van der Waals surface area (Å²) in [6.45, 7) is 31.0. The number of nitrogens with zero attached hydrogens (tertiary/aromatic N) is 2. The lowest BCUT2D eigenvalue weighted by molar-refractivity contribution is -0.142. The quantitative estimate of drug-likeness (QED) is 0.0963. The van der Waals surface area contributed by atoms with E-state index < -0.39 is 58.0 Å². The first kappa shape index (κ1) is 58.9. The minimum Gasteiger partial charge on any atom is -0.238 e. The first-order chi connectivity index (χ1) is 41.5. The molecule has 0 bridgehead atoms. The normalized spacial score (nSPS) is 11.2. The predicted molar refractivity (Wildman–Crippen MR) is 318 cm³/mol. The Morgan fingerprint density at radius 3 is 1.40 bits per heavy atom. The molecule has 9 aromatic rings. The summed E-state index contributed by atoms with van der Waals surface area (Å²) in [7, 11) is 0. The van der Waals surface area contributed by atoms with Crippen LogP contribution in [0, 0.1) is 156 Å². The van der Waals surface area contributed by atoms with Crippen molar-refractivity contribution >= 4 is 5.69 Å². The van der Waals surface area contributed by atoms with E-state index in [0.717, 1.165) is 23.3 Å². The standard InChI is InChI=1S/2C14H14.C9H7F5.C9H7F2N.C9H9N.C8H7F3.C8H10/c1-11-7-6-10-14(12(11)2)13-8-4-3-5-9-13;1-11-8-9-14(10-12(11)2)13-6-4-3-5-7-13;1-4-3-6(10)7(9(12,13)14)8(11)5(4)2;1-5-3-8(10)7(4-12)9(11)6(5)2;1-7-4-5-9(10-3)6-8(7)2;1-4-3-6(9)8(11)7(10)5(4)2;1-7-5-3-4-6-8(7)2/h2*3-10H,1-2H3;3H,1-2H3;3H,1-2H3;4-6H,1-2H3;3H,1-2H3;3-6H,1-2H3/i;;;;5D,6D;;3D,4D,5D,6D. The maximum absolute atomic E-state index is 13.1. The molecule has 0 radical (unpaired) electrons. The van der Waals surface area contributed by atoms with Gasteiger partial charge in [-0.15, -0.1) is 0 Å². The zero-order chi connectivity index (χ0) is 67.7. The maximum Gasteiger partial charge on any atom is 0.422 e. The van der Waals surface area contributed by atoms with Crippen LogP contribution < -0.4 is 0 Å². The van der Waals surface area contributed by atoms with Crippen LogP contribution in [0.1, 0.15) is 97.2 Å². The highest BCUT2D eigenvalue weighted by atomic mass is 19.4. The number of aryl methyl sites for hydroxylation is 7. The number of halogens is 10. The van der Waals surface area contributed by atoms with Crippen molar-refractivity contribution < 1.29 is 52.1 Å². The van der Waals surface area contributed by atoms with E-state index in [9.17, 15) is 43.9 Å². The van der Waals surface area contributed by atoms with Crippen LogP contribution >= 0.6 is 0 Å². The molecule has 2 nitrogen and oxygen atoms in total. The van der Waals surface area contributed by atoms with Gasteiger partial charge in [0, 0.05) is 2.74 Å². The predicted octanol–water partition coefficient (Wildman–Crippen LogP) is 21.9. The lowest BCUT2D eigenvalue weighted by Crippen LogP contribution is -2.13. The van der Waals surface area contributed by atoms with Crippen LogP contribution in [0.15, 0.2) is 158 Å². The first-order valence-electron chi connectivity index (χ1n) is 28.7. The monoisotopic (exact) mass is 1140 g/mol. The molecule has 83 heavy (non-hydrogen) atoms. The molecule has 0 heterocycles. The van der Waals surface area contributed by atoms with Crippen LogP contribution in [0.3, 0.4) is 0 Å². The lowest BCUT2D eigenvalue weighted by Gasteiger charge is -2.12. The minimum atomic E-state index is -4.99. The van der Waals surface area contributed by atoms with E-state index in [4.69, 9.17) is 20.1 Å². The molecule has 9 aromatic carbocycles. The highest BCUT2D eigenvalue weighted by molar-refractivity contribution is 5.68. The summed E-state index contributed by atoms with van der Waals surface area (Å²) in [5, 5.41) is 8.38. The molecule has 0 spiro atoms. The number of nitriles is 1. The number of rotatable bonds is 2. The minimum absolute atomic E-state index is 0.0634. The Balaban J connectivity index is 0.000000272. The van der Waals surface area contributed by atoms with Gasteiger partial charge in [-0.1, -0.05) is 151 Å². The van der Waals surface area contributed by atoms with Gasteiger partial charge in [0.2, 0.25) is 0 Å². The number of hydrogen-bond acceptors (Lipinski definition) is 1. The Kier molecular flexibility index (Phi) is 22.7. The summed E-state index contributed by atoms with van der Waals surface area (Å²) < 4.78 is 170. The molecule has 0 amide bonds. The number of benzene rings is 9. The molecule has 0 aliphatic carbocycles. The first-order valence-corrected chi connectivity index (χ1v) is 25.7. The van der Waals surface area contributed by atoms with Crippen molar-refractivity contribution in [1.29, 1.82) is 5.26 Å². The molecule has 0 aliphatic rings. The molecule has 0 aromatic heterocycles. The van der Waals surface area contributed by atoms with E-state index in [2.05, 4.69) is 124 Å². The van der Waals surface area contributed by atoms with E-state index >= 15 is 0 Å². The number of hydrogen-bond donors (Lipinski definition) is 0. The van der Waals surface area contributed by atoms with Crippen molar-refractivity contribution in [3.05, 3.63) is 299 Å². The van der Waals surface area contributed by atoms with E-state index in [0.29, 0.717) is 33.9 Å². The summed E-state index contributed by atoms with van der Waals surface area (Å²) in [4.78, 5) is 3.15. The summed E-state index contributed by atoms with van der Waals surface area (Å²) in [5.74, 6) is -8.28. The Labute approximate surface area is 491 Å². The van der Waals surface area contributed by atoms with Gasteiger partial charge < -0.3 is 0 Å². The molecule has 0 aliphatic heterocycles. The molecule has 0 unspecified atom stereocenters. The smallest absolute Gasteiger partial charge is 0.238 e. The molecule has 432 valence electrons. The summed E-state index contributed by atoms with van der Waals surface area (Å²) >= 11 is 0. The van der Waals surface area contributed by atoms with Gasteiger partial charge in [0.15, 0.2) is 23.1 Å². The highest BCUT2D eigenvalue weighted by Crippen LogP contribution is 2.35. The molecule has 0 saturated heterocycles. The van der Waals surface area contributed by atoms with Gasteiger partial charge in [0.1, 0.15) is 40.5 Å². The SMILES string of the molecule is Cc1cc(F)c(C#N)c(F)c1C.Cc1cc(F)c(C(F)(F)F)c(F)c1C.Cc1cc(F)c(F)c(F)c1C.Cc1ccc(-c2ccccc2)cc1C.Cc1cccc(-c2ccccc2)c1C.[2H]c1c([2H])c([2H])c(C)c(C)c1[2H].[2H]c1cc(C)c(C)c([2H])c1[N+]#[C-]. The van der Waals surface area contributed by atoms with Crippen LogP contribution in [0.25, 0.3) is 27.1 Å². The summed E-state index contributed by atoms with van der Waals surface area (Å²) in [6.07, 6.45) is -4.99. The Morgan fingerprint density at radius 1 is 0.410 bits per heavy atom. The largest absolute Gasteiger partial charge is 0.422 e. The van der Waals surface area contributed by atoms with Gasteiger partial charge in [-0.2, -0.15) is 18.4 Å². The molecule has 12 heteroatoms. The van der Waals surface area contributed by atoms with Crippen molar-refractivity contribution in [2.75, 3.05) is 0 Å². The lowest BCUT2D eigenvalue weighted by atomic mass is 9.97. The van der Waals surface area contributed by atoms with Crippen molar-refractivity contribution in [2.24, 2.45) is 0 Å². The van der Waals surface area contributed by atoms with Crippen molar-refractivity contribution in [3.63, 3.8) is 0 Å². The summed E-state index contributed by atoms with van der Waals surface area (Å²) in [5.41, 5.74) is 12.8. The van der Waals surface area contributed by atoms with E-state index in [1.54, 1.807) is 33.8 Å². The van der Waals surface area contributed by atoms with Gasteiger partial charge >= 0.3 is 6.18 Å². The Morgan fingerprint density at radius 2 is 0.892 bits per heavy atom. The Bertz CT molecular complexity index is 3860. The number of alkyl halides is 3. The third-order valence-corrected chi connectivity index (χ3v) is 13.4. The second-order valence-electron chi connectivity index (χ2n) is 19.2. The highest BCUT2D eigenvalue weighted by Gasteiger charge is 2.38. The topological polar surface area (TPSA) is 28.1 Å². The van der Waals surface area contributed by atoms with E-state index in [1.807, 2.05) is 13.0 Å². The van der Waals surface area contributed by atoms with Crippen molar-refractivity contribution in [1.82, 2.24) is 0 Å². The zero-order valence-corrected chi connectivity index (χ0v) is 48.7. The van der Waals surface area contributed by atoms with Crippen LogP contribution in [0.4, 0.5) is 49.6 Å². The fraction of sp³-hybridized carbons (Fsp3) is 0.211. The fourth-order valence-corrected chi connectivity index (χ4v) is 7.17. The van der Waals surface area contributed by atoms with Crippen molar-refractivity contribution in [2.45, 2.75) is 103 Å². The fourth-order valence-electron chi connectivity index (χ4n) is 7.17. The van der Waals surface area contributed by atoms with Gasteiger partial charge in [0.25, 0.3) is 0 Å². The second-order valence-corrected chi connectivity index (χ2v) is 19.2. The average molecular weight is 1150 g/mol. The molecule has 0 N–H and O–H groups in total. The molecule has 9 rings (SSSR count). The third-order valence-electron chi connectivity index (χ3n) is 13.4. The maximum atomic E-state index is 13.1. The molecule has 0 saturated carbocycles. The van der Waals surface area contributed by atoms with Crippen LogP contribution in [0.2, 0.25) is 0 Å². The van der Waals surface area contributed by atoms with Crippen LogP contribution in [0.5, 0.6) is 0 Å². The van der Waals surface area contributed by atoms with Gasteiger partial charge in [-0.3, -0.25) is 0 Å². The molecular weight excluding hydrogens is 1070 g/mol. The van der Waals surface area contributed by atoms with Crippen molar-refractivity contribution in [3.8, 4) is 28.3 Å². The summed E-state index contributed by atoms with van der Waals surface area (Å²) in [6, 6.07) is 40.1.